The van der Waals surface area contributed by atoms with Crippen LogP contribution in [0.15, 0.2) is 53.4 Å². The number of aryl methyl sites for hydroxylation is 1. The van der Waals surface area contributed by atoms with Crippen molar-refractivity contribution in [1.29, 1.82) is 0 Å². The average molecular weight is 355 g/mol. The molecule has 3 rings (SSSR count). The van der Waals surface area contributed by atoms with Crippen molar-refractivity contribution in [2.24, 2.45) is 0 Å². The van der Waals surface area contributed by atoms with Crippen LogP contribution in [0.5, 0.6) is 5.75 Å². The molecule has 0 aliphatic heterocycles. The van der Waals surface area contributed by atoms with Crippen molar-refractivity contribution in [1.82, 2.24) is 15.1 Å². The zero-order chi connectivity index (χ0) is 17.5. The predicted octanol–water partition coefficient (Wildman–Crippen LogP) is 3.37. The lowest BCUT2D eigenvalue weighted by Crippen LogP contribution is -2.27. The molecule has 0 spiro atoms. The lowest BCUT2D eigenvalue weighted by Gasteiger charge is -2.06. The number of carbonyl (C=O) groups excluding carboxylic acids is 1. The monoisotopic (exact) mass is 355 g/mol. The molecule has 0 aliphatic carbocycles. The first kappa shape index (κ1) is 17.2. The van der Waals surface area contributed by atoms with Gasteiger partial charge < -0.3 is 10.1 Å². The summed E-state index contributed by atoms with van der Waals surface area (Å²) >= 11 is 1.66. The Morgan fingerprint density at radius 1 is 1.24 bits per heavy atom. The Morgan fingerprint density at radius 3 is 2.80 bits per heavy atom. The maximum atomic E-state index is 12.0. The summed E-state index contributed by atoms with van der Waals surface area (Å²) in [7, 11) is 1.64. The largest absolute Gasteiger partial charge is 0.497 e. The van der Waals surface area contributed by atoms with Gasteiger partial charge in [0, 0.05) is 30.1 Å². The predicted molar refractivity (Wildman–Crippen MR) is 99.9 cm³/mol. The van der Waals surface area contributed by atoms with Gasteiger partial charge in [-0.05, 0) is 41.6 Å². The summed E-state index contributed by atoms with van der Waals surface area (Å²) in [5.74, 6) is 0.885. The minimum atomic E-state index is 0.0565. The maximum absolute atomic E-state index is 12.0. The fraction of sp³-hybridized carbons (Fsp3) is 0.263. The van der Waals surface area contributed by atoms with Gasteiger partial charge in [0.15, 0.2) is 0 Å². The third kappa shape index (κ3) is 4.93. The fourth-order valence-electron chi connectivity index (χ4n) is 2.50. The Bertz CT molecular complexity index is 794. The van der Waals surface area contributed by atoms with Crippen molar-refractivity contribution < 1.29 is 9.53 Å². The van der Waals surface area contributed by atoms with Crippen LogP contribution in [-0.2, 0) is 17.8 Å². The molecular weight excluding hydrogens is 334 g/mol. The van der Waals surface area contributed by atoms with Gasteiger partial charge in [-0.1, -0.05) is 12.1 Å². The molecule has 2 aromatic heterocycles. The second-order valence-corrected chi connectivity index (χ2v) is 6.45. The van der Waals surface area contributed by atoms with E-state index in [2.05, 4.69) is 21.9 Å². The second kappa shape index (κ2) is 8.48. The normalized spacial score (nSPS) is 10.6. The summed E-state index contributed by atoms with van der Waals surface area (Å²) < 4.78 is 6.99. The van der Waals surface area contributed by atoms with Gasteiger partial charge in [-0.2, -0.15) is 16.4 Å². The minimum Gasteiger partial charge on any atom is -0.497 e. The van der Waals surface area contributed by atoms with Gasteiger partial charge in [-0.25, -0.2) is 0 Å². The Labute approximate surface area is 151 Å². The van der Waals surface area contributed by atoms with Crippen LogP contribution in [0.2, 0.25) is 0 Å². The van der Waals surface area contributed by atoms with Crippen LogP contribution < -0.4 is 10.1 Å². The Kier molecular flexibility index (Phi) is 5.85. The van der Waals surface area contributed by atoms with Crippen molar-refractivity contribution in [2.75, 3.05) is 13.7 Å². The lowest BCUT2D eigenvalue weighted by molar-refractivity contribution is -0.121. The van der Waals surface area contributed by atoms with Gasteiger partial charge >= 0.3 is 0 Å². The minimum absolute atomic E-state index is 0.0565. The summed E-state index contributed by atoms with van der Waals surface area (Å²) in [6.07, 6.45) is 3.14. The van der Waals surface area contributed by atoms with Crippen LogP contribution >= 0.6 is 11.3 Å². The molecule has 1 aromatic carbocycles. The third-order valence-electron chi connectivity index (χ3n) is 3.92. The first-order valence-corrected chi connectivity index (χ1v) is 9.14. The lowest BCUT2D eigenvalue weighted by atomic mass is 10.1. The molecule has 0 radical (unpaired) electrons. The van der Waals surface area contributed by atoms with Crippen LogP contribution in [0.4, 0.5) is 0 Å². The number of rotatable bonds is 8. The number of amides is 1. The number of hydrogen-bond donors (Lipinski definition) is 1. The van der Waals surface area contributed by atoms with E-state index in [9.17, 15) is 4.79 Å². The zero-order valence-corrected chi connectivity index (χ0v) is 15.0. The quantitative estimate of drug-likeness (QED) is 0.674. The van der Waals surface area contributed by atoms with E-state index in [1.54, 1.807) is 18.4 Å². The number of benzene rings is 1. The molecule has 1 N–H and O–H groups in total. The highest BCUT2D eigenvalue weighted by molar-refractivity contribution is 7.08. The first-order chi connectivity index (χ1) is 12.2. The van der Waals surface area contributed by atoms with Gasteiger partial charge in [0.2, 0.25) is 5.91 Å². The van der Waals surface area contributed by atoms with E-state index in [0.29, 0.717) is 19.5 Å². The Morgan fingerprint density at radius 2 is 2.08 bits per heavy atom. The molecule has 0 saturated carbocycles. The number of thiophene rings is 1. The Hall–Kier alpha value is -2.60. The number of carbonyl (C=O) groups is 1. The number of hydrogen-bond acceptors (Lipinski definition) is 4. The zero-order valence-electron chi connectivity index (χ0n) is 14.1. The summed E-state index contributed by atoms with van der Waals surface area (Å²) in [4.78, 5) is 12.0. The smallest absolute Gasteiger partial charge is 0.220 e. The van der Waals surface area contributed by atoms with Gasteiger partial charge in [-0.3, -0.25) is 9.48 Å². The molecule has 130 valence electrons. The number of methoxy groups -OCH3 is 1. The van der Waals surface area contributed by atoms with Crippen LogP contribution in [0.3, 0.4) is 0 Å². The van der Waals surface area contributed by atoms with Crippen LogP contribution in [-0.4, -0.2) is 29.3 Å². The molecule has 0 saturated heterocycles. The highest BCUT2D eigenvalue weighted by Crippen LogP contribution is 2.19. The van der Waals surface area contributed by atoms with E-state index in [0.717, 1.165) is 29.0 Å². The van der Waals surface area contributed by atoms with Gasteiger partial charge in [0.25, 0.3) is 0 Å². The van der Waals surface area contributed by atoms with E-state index in [1.807, 2.05) is 46.6 Å². The molecule has 0 fully saturated rings. The molecule has 0 atom stereocenters. The van der Waals surface area contributed by atoms with E-state index in [4.69, 9.17) is 4.74 Å². The number of aromatic nitrogens is 2. The Balaban J connectivity index is 1.39. The third-order valence-corrected chi connectivity index (χ3v) is 4.60. The van der Waals surface area contributed by atoms with Crippen molar-refractivity contribution >= 4 is 17.2 Å². The van der Waals surface area contributed by atoms with E-state index < -0.39 is 0 Å². The average Bonchev–Trinajstić information content (AvgIpc) is 3.32. The van der Waals surface area contributed by atoms with Crippen LogP contribution in [0, 0.1) is 0 Å². The first-order valence-electron chi connectivity index (χ1n) is 8.20. The SMILES string of the molecule is COc1ccc(CCC(=O)NCCn2ccc(-c3ccsc3)n2)cc1. The molecular formula is C19H21N3O2S. The van der Waals surface area contributed by atoms with Crippen molar-refractivity contribution in [3.05, 3.63) is 58.9 Å². The maximum Gasteiger partial charge on any atom is 0.220 e. The molecule has 0 unspecified atom stereocenters. The van der Waals surface area contributed by atoms with Gasteiger partial charge in [0.05, 0.1) is 19.3 Å². The van der Waals surface area contributed by atoms with Crippen molar-refractivity contribution in [3.8, 4) is 17.0 Å². The van der Waals surface area contributed by atoms with Crippen molar-refractivity contribution in [3.63, 3.8) is 0 Å². The highest BCUT2D eigenvalue weighted by Gasteiger charge is 2.05. The standard InChI is InChI=1S/C19H21N3O2S/c1-24-17-5-2-15(3-6-17)4-7-19(23)20-10-12-22-11-8-18(21-22)16-9-13-25-14-16/h2-3,5-6,8-9,11,13-14H,4,7,10,12H2,1H3,(H,20,23). The summed E-state index contributed by atoms with van der Waals surface area (Å²) in [5, 5.41) is 11.6. The highest BCUT2D eigenvalue weighted by atomic mass is 32.1. The number of nitrogens with one attached hydrogen (secondary N) is 1. The molecule has 1 amide bonds. The molecule has 2 heterocycles. The molecule has 5 nitrogen and oxygen atoms in total. The summed E-state index contributed by atoms with van der Waals surface area (Å²) in [6, 6.07) is 11.8. The second-order valence-electron chi connectivity index (χ2n) is 5.67. The molecule has 0 aliphatic rings. The molecule has 6 heteroatoms. The summed E-state index contributed by atoms with van der Waals surface area (Å²) in [6.45, 7) is 1.24. The number of ether oxygens (including phenoxy) is 1. The topological polar surface area (TPSA) is 56.1 Å². The van der Waals surface area contributed by atoms with E-state index >= 15 is 0 Å². The van der Waals surface area contributed by atoms with E-state index in [1.165, 1.54) is 0 Å². The van der Waals surface area contributed by atoms with E-state index in [-0.39, 0.29) is 5.91 Å². The molecule has 3 aromatic rings. The van der Waals surface area contributed by atoms with Gasteiger partial charge in [0.1, 0.15) is 5.75 Å². The molecule has 25 heavy (non-hydrogen) atoms. The molecule has 0 bridgehead atoms. The van der Waals surface area contributed by atoms with Crippen LogP contribution in [0.1, 0.15) is 12.0 Å². The summed E-state index contributed by atoms with van der Waals surface area (Å²) in [5.41, 5.74) is 3.22. The van der Waals surface area contributed by atoms with Crippen molar-refractivity contribution in [2.45, 2.75) is 19.4 Å². The fourth-order valence-corrected chi connectivity index (χ4v) is 3.15. The number of nitrogens with zero attached hydrogens (tertiary/aromatic N) is 2. The van der Waals surface area contributed by atoms with Crippen LogP contribution in [0.25, 0.3) is 11.3 Å². The van der Waals surface area contributed by atoms with Gasteiger partial charge in [-0.15, -0.1) is 0 Å².